The van der Waals surface area contributed by atoms with Gasteiger partial charge in [-0.05, 0) is 47.9 Å². The topological polar surface area (TPSA) is 89.6 Å². The number of ether oxygens (including phenoxy) is 1. The molecule has 1 aliphatic heterocycles. The third-order valence-electron chi connectivity index (χ3n) is 7.42. The standard InChI is InChI=1S/C31H33FN4O4/c32-25-9-7-24(8-10-25)27(20-31(37)33-13-4-14-34-15-17-40-18-16-34)29-22-35(21-23-5-2-1-3-6-23)30-12-11-26(36(38)39)19-28(29)30/h1-3,5-12,19,22,27H,4,13-18,20-21H2,(H,33,37)/t27-/m1/s1. The quantitative estimate of drug-likeness (QED) is 0.161. The Bertz CT molecular complexity index is 1450. The van der Waals surface area contributed by atoms with Crippen LogP contribution in [0.25, 0.3) is 10.9 Å². The summed E-state index contributed by atoms with van der Waals surface area (Å²) in [5.74, 6) is -0.899. The lowest BCUT2D eigenvalue weighted by atomic mass is 9.88. The van der Waals surface area contributed by atoms with Crippen LogP contribution in [0.1, 0.15) is 35.4 Å². The Balaban J connectivity index is 1.43. The van der Waals surface area contributed by atoms with E-state index in [2.05, 4.69) is 14.8 Å². The number of fused-ring (bicyclic) bond motifs is 1. The molecule has 0 spiro atoms. The second-order valence-electron chi connectivity index (χ2n) is 10.1. The number of nitrogens with zero attached hydrogens (tertiary/aromatic N) is 3. The highest BCUT2D eigenvalue weighted by Crippen LogP contribution is 2.37. The van der Waals surface area contributed by atoms with Gasteiger partial charge in [-0.15, -0.1) is 0 Å². The summed E-state index contributed by atoms with van der Waals surface area (Å²) in [5.41, 5.74) is 3.47. The van der Waals surface area contributed by atoms with Crippen molar-refractivity contribution in [2.75, 3.05) is 39.4 Å². The molecule has 2 heterocycles. The molecule has 1 aromatic heterocycles. The Kier molecular flexibility index (Phi) is 8.83. The van der Waals surface area contributed by atoms with Crippen molar-refractivity contribution in [3.05, 3.63) is 112 Å². The van der Waals surface area contributed by atoms with Crippen LogP contribution in [0.3, 0.4) is 0 Å². The molecule has 1 saturated heterocycles. The molecular formula is C31H33FN4O4. The number of morpholine rings is 1. The van der Waals surface area contributed by atoms with Gasteiger partial charge in [0.05, 0.1) is 18.1 Å². The summed E-state index contributed by atoms with van der Waals surface area (Å²) >= 11 is 0. The number of hydrogen-bond acceptors (Lipinski definition) is 5. The van der Waals surface area contributed by atoms with E-state index in [0.717, 1.165) is 61.5 Å². The molecule has 208 valence electrons. The highest BCUT2D eigenvalue weighted by molar-refractivity contribution is 5.88. The zero-order chi connectivity index (χ0) is 27.9. The number of amides is 1. The summed E-state index contributed by atoms with van der Waals surface area (Å²) in [6, 6.07) is 20.9. The normalized spacial score (nSPS) is 14.7. The molecular weight excluding hydrogens is 511 g/mol. The second-order valence-corrected chi connectivity index (χ2v) is 10.1. The fourth-order valence-electron chi connectivity index (χ4n) is 5.33. The largest absolute Gasteiger partial charge is 0.379 e. The molecule has 1 aliphatic rings. The van der Waals surface area contributed by atoms with E-state index in [4.69, 9.17) is 4.74 Å². The van der Waals surface area contributed by atoms with Gasteiger partial charge in [-0.2, -0.15) is 0 Å². The van der Waals surface area contributed by atoms with Crippen molar-refractivity contribution in [3.8, 4) is 0 Å². The van der Waals surface area contributed by atoms with Gasteiger partial charge in [0.15, 0.2) is 0 Å². The number of nitro benzene ring substituents is 1. The van der Waals surface area contributed by atoms with Crippen LogP contribution in [0.2, 0.25) is 0 Å². The fourth-order valence-corrected chi connectivity index (χ4v) is 5.33. The molecule has 0 radical (unpaired) electrons. The van der Waals surface area contributed by atoms with Gasteiger partial charge in [0, 0.05) is 67.8 Å². The Hall–Kier alpha value is -4.08. The molecule has 1 fully saturated rings. The number of hydrogen-bond donors (Lipinski definition) is 1. The van der Waals surface area contributed by atoms with Gasteiger partial charge in [-0.25, -0.2) is 4.39 Å². The molecule has 1 atom stereocenters. The van der Waals surface area contributed by atoms with Gasteiger partial charge >= 0.3 is 0 Å². The van der Waals surface area contributed by atoms with Crippen LogP contribution in [-0.2, 0) is 16.1 Å². The highest BCUT2D eigenvalue weighted by Gasteiger charge is 2.24. The number of carbonyl (C=O) groups excluding carboxylic acids is 1. The van der Waals surface area contributed by atoms with E-state index in [-0.39, 0.29) is 23.8 Å². The molecule has 0 bridgehead atoms. The summed E-state index contributed by atoms with van der Waals surface area (Å²) in [5, 5.41) is 15.4. The number of nitrogens with one attached hydrogen (secondary N) is 1. The monoisotopic (exact) mass is 544 g/mol. The third kappa shape index (κ3) is 6.73. The zero-order valence-corrected chi connectivity index (χ0v) is 22.3. The molecule has 5 rings (SSSR count). The van der Waals surface area contributed by atoms with Crippen molar-refractivity contribution in [3.63, 3.8) is 0 Å². The van der Waals surface area contributed by atoms with E-state index in [1.54, 1.807) is 24.3 Å². The lowest BCUT2D eigenvalue weighted by Gasteiger charge is -2.26. The van der Waals surface area contributed by atoms with Gasteiger partial charge in [-0.3, -0.25) is 19.8 Å². The number of non-ortho nitro benzene ring substituents is 1. The van der Waals surface area contributed by atoms with Crippen LogP contribution in [0.15, 0.2) is 79.0 Å². The smallest absolute Gasteiger partial charge is 0.270 e. The SMILES string of the molecule is O=C(C[C@H](c1ccc(F)cc1)c1cn(Cc2ccccc2)c2ccc([N+](=O)[O-])cc12)NCCCN1CCOCC1. The Morgan fingerprint density at radius 1 is 1.05 bits per heavy atom. The third-order valence-corrected chi connectivity index (χ3v) is 7.42. The molecule has 9 heteroatoms. The molecule has 3 aromatic carbocycles. The van der Waals surface area contributed by atoms with E-state index in [1.165, 1.54) is 18.2 Å². The molecule has 1 amide bonds. The van der Waals surface area contributed by atoms with Gasteiger partial charge in [0.2, 0.25) is 5.91 Å². The molecule has 4 aromatic rings. The minimum atomic E-state index is -0.415. The first kappa shape index (κ1) is 27.5. The van der Waals surface area contributed by atoms with Gasteiger partial charge in [0.25, 0.3) is 5.69 Å². The molecule has 0 aliphatic carbocycles. The van der Waals surface area contributed by atoms with Gasteiger partial charge in [-0.1, -0.05) is 42.5 Å². The first-order chi connectivity index (χ1) is 19.5. The maximum absolute atomic E-state index is 13.8. The van der Waals surface area contributed by atoms with Gasteiger partial charge < -0.3 is 14.6 Å². The average molecular weight is 545 g/mol. The first-order valence-electron chi connectivity index (χ1n) is 13.6. The fraction of sp³-hybridized carbons (Fsp3) is 0.323. The van der Waals surface area contributed by atoms with Crippen LogP contribution in [0.5, 0.6) is 0 Å². The average Bonchev–Trinajstić information content (AvgIpc) is 3.33. The predicted octanol–water partition coefficient (Wildman–Crippen LogP) is 5.10. The van der Waals surface area contributed by atoms with Crippen LogP contribution in [0, 0.1) is 15.9 Å². The zero-order valence-electron chi connectivity index (χ0n) is 22.3. The van der Waals surface area contributed by atoms with E-state index >= 15 is 0 Å². The van der Waals surface area contributed by atoms with Crippen LogP contribution in [-0.4, -0.2) is 59.7 Å². The molecule has 8 nitrogen and oxygen atoms in total. The van der Waals surface area contributed by atoms with E-state index in [0.29, 0.717) is 18.5 Å². The molecule has 40 heavy (non-hydrogen) atoms. The number of benzene rings is 3. The van der Waals surface area contributed by atoms with E-state index in [9.17, 15) is 19.3 Å². The van der Waals surface area contributed by atoms with Crippen molar-refractivity contribution >= 4 is 22.5 Å². The maximum Gasteiger partial charge on any atom is 0.270 e. The van der Waals surface area contributed by atoms with Crippen molar-refractivity contribution in [1.82, 2.24) is 14.8 Å². The van der Waals surface area contributed by atoms with Crippen molar-refractivity contribution in [1.29, 1.82) is 0 Å². The molecule has 1 N–H and O–H groups in total. The minimum absolute atomic E-state index is 0.0170. The van der Waals surface area contributed by atoms with Crippen molar-refractivity contribution in [2.24, 2.45) is 0 Å². The molecule has 0 saturated carbocycles. The highest BCUT2D eigenvalue weighted by atomic mass is 19.1. The summed E-state index contributed by atoms with van der Waals surface area (Å²) in [6.07, 6.45) is 2.94. The van der Waals surface area contributed by atoms with E-state index in [1.807, 2.05) is 36.5 Å². The summed E-state index contributed by atoms with van der Waals surface area (Å²) in [7, 11) is 0. The Morgan fingerprint density at radius 3 is 2.52 bits per heavy atom. The Labute approximate surface area is 232 Å². The van der Waals surface area contributed by atoms with E-state index < -0.39 is 10.8 Å². The number of nitro groups is 1. The Morgan fingerprint density at radius 2 is 1.80 bits per heavy atom. The predicted molar refractivity (Wildman–Crippen MR) is 152 cm³/mol. The lowest BCUT2D eigenvalue weighted by Crippen LogP contribution is -2.38. The summed E-state index contributed by atoms with van der Waals surface area (Å²) < 4.78 is 21.3. The number of rotatable bonds is 11. The van der Waals surface area contributed by atoms with Crippen LogP contribution in [0.4, 0.5) is 10.1 Å². The van der Waals surface area contributed by atoms with Crippen molar-refractivity contribution in [2.45, 2.75) is 25.3 Å². The summed E-state index contributed by atoms with van der Waals surface area (Å²) in [6.45, 7) is 5.29. The number of halogens is 1. The second kappa shape index (κ2) is 12.8. The van der Waals surface area contributed by atoms with Gasteiger partial charge in [0.1, 0.15) is 5.82 Å². The van der Waals surface area contributed by atoms with Crippen LogP contribution >= 0.6 is 0 Å². The number of aromatic nitrogens is 1. The minimum Gasteiger partial charge on any atom is -0.379 e. The number of carbonyl (C=O) groups is 1. The van der Waals surface area contributed by atoms with Crippen LogP contribution < -0.4 is 5.32 Å². The lowest BCUT2D eigenvalue weighted by molar-refractivity contribution is -0.384. The maximum atomic E-state index is 13.8. The summed E-state index contributed by atoms with van der Waals surface area (Å²) in [4.78, 5) is 26.8. The first-order valence-corrected chi connectivity index (χ1v) is 13.6. The molecule has 0 unspecified atom stereocenters. The van der Waals surface area contributed by atoms with Crippen molar-refractivity contribution < 1.29 is 18.8 Å².